The fourth-order valence-electron chi connectivity index (χ4n) is 0.937. The smallest absolute Gasteiger partial charge is 0.226 e. The van der Waals surface area contributed by atoms with Crippen molar-refractivity contribution in [1.82, 2.24) is 4.90 Å². The Morgan fingerprint density at radius 3 is 2.07 bits per heavy atom. The van der Waals surface area contributed by atoms with Crippen molar-refractivity contribution < 1.29 is 19.1 Å². The van der Waals surface area contributed by atoms with Gasteiger partial charge in [0, 0.05) is 21.0 Å². The van der Waals surface area contributed by atoms with Gasteiger partial charge in [0.05, 0.1) is 26.4 Å². The van der Waals surface area contributed by atoms with Crippen LogP contribution in [0.15, 0.2) is 0 Å². The molecule has 0 aliphatic rings. The van der Waals surface area contributed by atoms with E-state index in [9.17, 15) is 9.59 Å². The van der Waals surface area contributed by atoms with Gasteiger partial charge in [-0.2, -0.15) is 0 Å². The topological polar surface area (TPSA) is 55.8 Å². The third-order valence-corrected chi connectivity index (χ3v) is 1.65. The number of methoxy groups -OCH3 is 1. The summed E-state index contributed by atoms with van der Waals surface area (Å²) in [6.07, 6.45) is 0. The van der Waals surface area contributed by atoms with Crippen LogP contribution >= 0.6 is 0 Å². The molecule has 0 rings (SSSR count). The zero-order valence-electron chi connectivity index (χ0n) is 8.91. The van der Waals surface area contributed by atoms with Crippen LogP contribution in [0.25, 0.3) is 0 Å². The fourth-order valence-corrected chi connectivity index (χ4v) is 0.937. The molecule has 0 bridgehead atoms. The maximum Gasteiger partial charge on any atom is 0.226 e. The number of carbonyl (C=O) groups is 2. The lowest BCUT2D eigenvalue weighted by atomic mass is 10.4. The number of carbonyl (C=O) groups excluding carboxylic acids is 2. The molecule has 0 atom stereocenters. The Morgan fingerprint density at radius 2 is 1.64 bits per heavy atom. The molecule has 0 N–H and O–H groups in total. The number of amides is 2. The lowest BCUT2D eigenvalue weighted by Crippen LogP contribution is -2.36. The third kappa shape index (κ3) is 5.66. The molecule has 0 heterocycles. The molecule has 0 spiro atoms. The summed E-state index contributed by atoms with van der Waals surface area (Å²) in [5.74, 6) is -0.513. The molecule has 0 saturated heterocycles. The molecule has 2 amide bonds. The highest BCUT2D eigenvalue weighted by atomic mass is 16.5. The van der Waals surface area contributed by atoms with E-state index in [0.29, 0.717) is 26.4 Å². The fraction of sp³-hybridized carbons (Fsp3) is 0.778. The summed E-state index contributed by atoms with van der Waals surface area (Å²) in [6, 6.07) is 0. The Balaban J connectivity index is 3.62. The summed E-state index contributed by atoms with van der Waals surface area (Å²) in [5, 5.41) is 0. The number of hydrogen-bond acceptors (Lipinski definition) is 4. The molecule has 5 heteroatoms. The zero-order chi connectivity index (χ0) is 11.0. The summed E-state index contributed by atoms with van der Waals surface area (Å²) in [5.41, 5.74) is 0. The minimum Gasteiger partial charge on any atom is -0.382 e. The van der Waals surface area contributed by atoms with Gasteiger partial charge in [0.2, 0.25) is 11.8 Å². The van der Waals surface area contributed by atoms with Crippen LogP contribution in [0, 0.1) is 0 Å². The van der Waals surface area contributed by atoms with Crippen LogP contribution in [0.1, 0.15) is 13.8 Å². The Bertz CT molecular complexity index is 179. The average molecular weight is 203 g/mol. The first-order valence-corrected chi connectivity index (χ1v) is 4.45. The van der Waals surface area contributed by atoms with Crippen LogP contribution in [-0.2, 0) is 19.1 Å². The van der Waals surface area contributed by atoms with Crippen molar-refractivity contribution in [2.45, 2.75) is 13.8 Å². The van der Waals surface area contributed by atoms with Crippen molar-refractivity contribution in [1.29, 1.82) is 0 Å². The van der Waals surface area contributed by atoms with Gasteiger partial charge in [-0.3, -0.25) is 14.5 Å². The maximum atomic E-state index is 10.9. The molecule has 82 valence electrons. The highest BCUT2D eigenvalue weighted by Crippen LogP contribution is 1.91. The van der Waals surface area contributed by atoms with E-state index in [0.717, 1.165) is 4.90 Å². The van der Waals surface area contributed by atoms with Crippen molar-refractivity contribution in [3.63, 3.8) is 0 Å². The SMILES string of the molecule is COCCOCCN(C(C)=O)C(C)=O. The van der Waals surface area contributed by atoms with Crippen molar-refractivity contribution >= 4 is 11.8 Å². The lowest BCUT2D eigenvalue weighted by Gasteiger charge is -2.16. The molecule has 14 heavy (non-hydrogen) atoms. The zero-order valence-corrected chi connectivity index (χ0v) is 8.91. The van der Waals surface area contributed by atoms with Crippen LogP contribution in [0.5, 0.6) is 0 Å². The van der Waals surface area contributed by atoms with Crippen LogP contribution < -0.4 is 0 Å². The normalized spacial score (nSPS) is 9.93. The quantitative estimate of drug-likeness (QED) is 0.572. The number of rotatable bonds is 6. The van der Waals surface area contributed by atoms with E-state index in [-0.39, 0.29) is 11.8 Å². The van der Waals surface area contributed by atoms with E-state index in [1.54, 1.807) is 7.11 Å². The second-order valence-corrected chi connectivity index (χ2v) is 2.79. The van der Waals surface area contributed by atoms with Gasteiger partial charge in [0.25, 0.3) is 0 Å². The standard InChI is InChI=1S/C9H17NO4/c1-8(11)10(9(2)12)4-5-14-7-6-13-3/h4-7H2,1-3H3. The van der Waals surface area contributed by atoms with Crippen LogP contribution in [-0.4, -0.2) is 50.2 Å². The first-order chi connectivity index (χ1) is 6.59. The second kappa shape index (κ2) is 7.46. The molecule has 0 fully saturated rings. The van der Waals surface area contributed by atoms with Crippen molar-refractivity contribution in [3.8, 4) is 0 Å². The Hall–Kier alpha value is -0.940. The predicted molar refractivity (Wildman–Crippen MR) is 50.8 cm³/mol. The average Bonchev–Trinajstić information content (AvgIpc) is 2.09. The second-order valence-electron chi connectivity index (χ2n) is 2.79. The molecule has 0 aromatic carbocycles. The molecule has 0 aliphatic heterocycles. The van der Waals surface area contributed by atoms with Gasteiger partial charge in [-0.05, 0) is 0 Å². The summed E-state index contributed by atoms with van der Waals surface area (Å²) in [7, 11) is 1.58. The van der Waals surface area contributed by atoms with Gasteiger partial charge >= 0.3 is 0 Å². The van der Waals surface area contributed by atoms with Gasteiger partial charge in [-0.25, -0.2) is 0 Å². The monoisotopic (exact) mass is 203 g/mol. The van der Waals surface area contributed by atoms with E-state index < -0.39 is 0 Å². The number of nitrogens with zero attached hydrogens (tertiary/aromatic N) is 1. The Labute approximate surface area is 84.0 Å². The third-order valence-electron chi connectivity index (χ3n) is 1.65. The van der Waals surface area contributed by atoms with Crippen LogP contribution in [0.3, 0.4) is 0 Å². The molecule has 0 saturated carbocycles. The van der Waals surface area contributed by atoms with E-state index in [1.165, 1.54) is 13.8 Å². The van der Waals surface area contributed by atoms with Crippen LogP contribution in [0.4, 0.5) is 0 Å². The van der Waals surface area contributed by atoms with Gasteiger partial charge in [-0.15, -0.1) is 0 Å². The van der Waals surface area contributed by atoms with E-state index in [4.69, 9.17) is 9.47 Å². The molecule has 0 aromatic rings. The largest absolute Gasteiger partial charge is 0.382 e. The lowest BCUT2D eigenvalue weighted by molar-refractivity contribution is -0.143. The van der Waals surface area contributed by atoms with Crippen molar-refractivity contribution in [2.24, 2.45) is 0 Å². The summed E-state index contributed by atoms with van der Waals surface area (Å²) in [6.45, 7) is 4.35. The number of hydrogen-bond donors (Lipinski definition) is 0. The van der Waals surface area contributed by atoms with E-state index in [1.807, 2.05) is 0 Å². The summed E-state index contributed by atoms with van der Waals surface area (Å²) >= 11 is 0. The Kier molecular flexibility index (Phi) is 6.96. The minimum atomic E-state index is -0.257. The molecular formula is C9H17NO4. The molecule has 5 nitrogen and oxygen atoms in total. The van der Waals surface area contributed by atoms with Gasteiger partial charge in [0.15, 0.2) is 0 Å². The first-order valence-electron chi connectivity index (χ1n) is 4.45. The van der Waals surface area contributed by atoms with Crippen molar-refractivity contribution in [2.75, 3.05) is 33.5 Å². The van der Waals surface area contributed by atoms with Crippen molar-refractivity contribution in [3.05, 3.63) is 0 Å². The van der Waals surface area contributed by atoms with Gasteiger partial charge in [0.1, 0.15) is 0 Å². The number of ether oxygens (including phenoxy) is 2. The number of imide groups is 1. The molecule has 0 unspecified atom stereocenters. The molecular weight excluding hydrogens is 186 g/mol. The van der Waals surface area contributed by atoms with E-state index >= 15 is 0 Å². The first kappa shape index (κ1) is 13.1. The minimum absolute atomic E-state index is 0.257. The maximum absolute atomic E-state index is 10.9. The highest BCUT2D eigenvalue weighted by molar-refractivity contribution is 5.92. The summed E-state index contributed by atoms with van der Waals surface area (Å²) < 4.78 is 9.91. The van der Waals surface area contributed by atoms with E-state index in [2.05, 4.69) is 0 Å². The molecule has 0 aliphatic carbocycles. The molecule has 0 aromatic heterocycles. The highest BCUT2D eigenvalue weighted by Gasteiger charge is 2.12. The van der Waals surface area contributed by atoms with Gasteiger partial charge < -0.3 is 9.47 Å². The predicted octanol–water partition coefficient (Wildman–Crippen LogP) is 0.0444. The Morgan fingerprint density at radius 1 is 1.07 bits per heavy atom. The van der Waals surface area contributed by atoms with Gasteiger partial charge in [-0.1, -0.05) is 0 Å². The summed E-state index contributed by atoms with van der Waals surface area (Å²) in [4.78, 5) is 23.0. The van der Waals surface area contributed by atoms with Crippen LogP contribution in [0.2, 0.25) is 0 Å². The molecule has 0 radical (unpaired) electrons.